The predicted octanol–water partition coefficient (Wildman–Crippen LogP) is 3.12. The molecule has 6 heteroatoms. The molecule has 3 nitrogen and oxygen atoms in total. The van der Waals surface area contributed by atoms with E-state index in [1.54, 1.807) is 6.07 Å². The minimum absolute atomic E-state index is 0.0645. The number of nitrogens with zero attached hydrogens (tertiary/aromatic N) is 1. The van der Waals surface area contributed by atoms with E-state index in [0.717, 1.165) is 6.07 Å². The molecule has 0 saturated carbocycles. The van der Waals surface area contributed by atoms with Gasteiger partial charge in [-0.05, 0) is 35.0 Å². The minimum atomic E-state index is -3.04. The van der Waals surface area contributed by atoms with Crippen molar-refractivity contribution < 1.29 is 18.3 Å². The Hall–Kier alpha value is -1.48. The fourth-order valence-electron chi connectivity index (χ4n) is 1.08. The van der Waals surface area contributed by atoms with Gasteiger partial charge in [0.2, 0.25) is 0 Å². The molecule has 0 aromatic heterocycles. The van der Waals surface area contributed by atoms with Crippen LogP contribution in [0.15, 0.2) is 16.6 Å². The molecular formula is C10H6BrF2NO2. The maximum Gasteiger partial charge on any atom is 0.387 e. The number of nitriles is 1. The molecule has 0 aliphatic rings. The molecule has 0 aliphatic heterocycles. The Morgan fingerprint density at radius 3 is 2.62 bits per heavy atom. The van der Waals surface area contributed by atoms with Crippen molar-refractivity contribution in [1.29, 1.82) is 5.26 Å². The van der Waals surface area contributed by atoms with Crippen molar-refractivity contribution in [3.05, 3.63) is 27.7 Å². The molecule has 0 unspecified atom stereocenters. The monoisotopic (exact) mass is 289 g/mol. The van der Waals surface area contributed by atoms with E-state index in [2.05, 4.69) is 20.7 Å². The first-order chi connectivity index (χ1) is 7.45. The van der Waals surface area contributed by atoms with Crippen LogP contribution in [0.2, 0.25) is 0 Å². The average molecular weight is 290 g/mol. The number of alkyl halides is 2. The lowest BCUT2D eigenvalue weighted by molar-refractivity contribution is -0.0501. The molecule has 1 rings (SSSR count). The second-order valence-electron chi connectivity index (χ2n) is 2.88. The molecule has 0 atom stereocenters. The molecule has 0 saturated heterocycles. The zero-order valence-electron chi connectivity index (χ0n) is 8.13. The Morgan fingerprint density at radius 2 is 2.19 bits per heavy atom. The van der Waals surface area contributed by atoms with Gasteiger partial charge in [0.1, 0.15) is 17.4 Å². The molecule has 0 fully saturated rings. The highest BCUT2D eigenvalue weighted by atomic mass is 79.9. The van der Waals surface area contributed by atoms with E-state index in [-0.39, 0.29) is 27.1 Å². The number of halogens is 3. The molecule has 0 heterocycles. The molecule has 0 N–H and O–H groups in total. The topological polar surface area (TPSA) is 50.1 Å². The number of hydrogen-bond donors (Lipinski definition) is 0. The normalized spacial score (nSPS) is 10.0. The van der Waals surface area contributed by atoms with Gasteiger partial charge in [-0.15, -0.1) is 0 Å². The first-order valence-electron chi connectivity index (χ1n) is 4.15. The van der Waals surface area contributed by atoms with Crippen LogP contribution in [0.5, 0.6) is 5.75 Å². The van der Waals surface area contributed by atoms with E-state index in [4.69, 9.17) is 5.26 Å². The third kappa shape index (κ3) is 2.76. The highest BCUT2D eigenvalue weighted by Gasteiger charge is 2.15. The van der Waals surface area contributed by atoms with Crippen molar-refractivity contribution in [1.82, 2.24) is 0 Å². The molecular weight excluding hydrogens is 284 g/mol. The summed E-state index contributed by atoms with van der Waals surface area (Å²) in [5.74, 6) is -0.610. The maximum atomic E-state index is 12.1. The van der Waals surface area contributed by atoms with Crippen LogP contribution in [-0.4, -0.2) is 12.4 Å². The van der Waals surface area contributed by atoms with Gasteiger partial charge in [-0.25, -0.2) is 0 Å². The summed E-state index contributed by atoms with van der Waals surface area (Å²) in [5, 5.41) is 8.75. The summed E-state index contributed by atoms with van der Waals surface area (Å²) in [6.45, 7) is -1.75. The second-order valence-corrected chi connectivity index (χ2v) is 3.73. The standard InChI is InChI=1S/C10H6BrF2NO2/c1-5(15)6-2-8(11)7(4-14)9(3-6)16-10(12)13/h2-3,10H,1H3. The van der Waals surface area contributed by atoms with E-state index in [9.17, 15) is 13.6 Å². The highest BCUT2D eigenvalue weighted by molar-refractivity contribution is 9.10. The zero-order chi connectivity index (χ0) is 12.3. The molecule has 1 aromatic rings. The maximum absolute atomic E-state index is 12.1. The van der Waals surface area contributed by atoms with E-state index in [0.29, 0.717) is 0 Å². The van der Waals surface area contributed by atoms with Crippen LogP contribution >= 0.6 is 15.9 Å². The Balaban J connectivity index is 3.32. The summed E-state index contributed by atoms with van der Waals surface area (Å²) >= 11 is 3.02. The molecule has 0 bridgehead atoms. The van der Waals surface area contributed by atoms with Crippen molar-refractivity contribution in [3.8, 4) is 11.8 Å². The lowest BCUT2D eigenvalue weighted by atomic mass is 10.1. The lowest BCUT2D eigenvalue weighted by Crippen LogP contribution is -2.05. The quantitative estimate of drug-likeness (QED) is 0.804. The van der Waals surface area contributed by atoms with Gasteiger partial charge in [-0.2, -0.15) is 14.0 Å². The molecule has 0 spiro atoms. The smallest absolute Gasteiger partial charge is 0.387 e. The van der Waals surface area contributed by atoms with Crippen LogP contribution in [-0.2, 0) is 0 Å². The van der Waals surface area contributed by atoms with Crippen LogP contribution in [0.1, 0.15) is 22.8 Å². The number of carbonyl (C=O) groups excluding carboxylic acids is 1. The van der Waals surface area contributed by atoms with Crippen LogP contribution in [0.3, 0.4) is 0 Å². The molecule has 0 amide bonds. The predicted molar refractivity (Wildman–Crippen MR) is 55.5 cm³/mol. The van der Waals surface area contributed by atoms with Gasteiger partial charge in [-0.1, -0.05) is 0 Å². The summed E-state index contributed by atoms with van der Waals surface area (Å²) in [6, 6.07) is 4.23. The highest BCUT2D eigenvalue weighted by Crippen LogP contribution is 2.29. The second kappa shape index (κ2) is 5.03. The number of Topliss-reactive ketones (excluding diaryl/α,β-unsaturated/α-hetero) is 1. The minimum Gasteiger partial charge on any atom is -0.433 e. The summed E-state index contributed by atoms with van der Waals surface area (Å²) < 4.78 is 28.6. The summed E-state index contributed by atoms with van der Waals surface area (Å²) in [7, 11) is 0. The number of ether oxygens (including phenoxy) is 1. The van der Waals surface area contributed by atoms with E-state index in [1.807, 2.05) is 0 Å². The van der Waals surface area contributed by atoms with Crippen LogP contribution in [0, 0.1) is 11.3 Å². The fourth-order valence-corrected chi connectivity index (χ4v) is 1.61. The van der Waals surface area contributed by atoms with Crippen LogP contribution < -0.4 is 4.74 Å². The first kappa shape index (κ1) is 12.6. The Morgan fingerprint density at radius 1 is 1.56 bits per heavy atom. The van der Waals surface area contributed by atoms with E-state index in [1.165, 1.54) is 13.0 Å². The van der Waals surface area contributed by atoms with Gasteiger partial charge in [0.05, 0.1) is 0 Å². The van der Waals surface area contributed by atoms with Gasteiger partial charge in [0.15, 0.2) is 5.78 Å². The van der Waals surface area contributed by atoms with Crippen molar-refractivity contribution in [2.45, 2.75) is 13.5 Å². The fraction of sp³-hybridized carbons (Fsp3) is 0.200. The van der Waals surface area contributed by atoms with Crippen LogP contribution in [0.4, 0.5) is 8.78 Å². The zero-order valence-corrected chi connectivity index (χ0v) is 9.72. The number of ketones is 1. The summed E-state index contributed by atoms with van der Waals surface area (Å²) in [6.07, 6.45) is 0. The number of benzene rings is 1. The Bertz CT molecular complexity index is 469. The third-order valence-corrected chi connectivity index (χ3v) is 2.41. The van der Waals surface area contributed by atoms with Gasteiger partial charge in [-0.3, -0.25) is 4.79 Å². The SMILES string of the molecule is CC(=O)c1cc(Br)c(C#N)c(OC(F)F)c1. The number of carbonyl (C=O) groups is 1. The van der Waals surface area contributed by atoms with Gasteiger partial charge >= 0.3 is 6.61 Å². The molecule has 84 valence electrons. The van der Waals surface area contributed by atoms with Gasteiger partial charge in [0, 0.05) is 10.0 Å². The third-order valence-electron chi connectivity index (χ3n) is 1.79. The summed E-state index contributed by atoms with van der Waals surface area (Å²) in [5.41, 5.74) is 0.131. The van der Waals surface area contributed by atoms with E-state index < -0.39 is 6.61 Å². The van der Waals surface area contributed by atoms with Crippen molar-refractivity contribution in [3.63, 3.8) is 0 Å². The van der Waals surface area contributed by atoms with Gasteiger partial charge < -0.3 is 4.74 Å². The number of rotatable bonds is 3. The first-order valence-corrected chi connectivity index (χ1v) is 4.94. The molecule has 0 aliphatic carbocycles. The largest absolute Gasteiger partial charge is 0.433 e. The van der Waals surface area contributed by atoms with E-state index >= 15 is 0 Å². The molecule has 0 radical (unpaired) electrons. The van der Waals surface area contributed by atoms with Crippen molar-refractivity contribution in [2.75, 3.05) is 0 Å². The number of hydrogen-bond acceptors (Lipinski definition) is 3. The molecule has 1 aromatic carbocycles. The van der Waals surface area contributed by atoms with Crippen molar-refractivity contribution >= 4 is 21.7 Å². The van der Waals surface area contributed by atoms with Gasteiger partial charge in [0.25, 0.3) is 0 Å². The average Bonchev–Trinajstić information content (AvgIpc) is 2.16. The Labute approximate surface area is 98.8 Å². The summed E-state index contributed by atoms with van der Waals surface area (Å²) in [4.78, 5) is 11.1. The lowest BCUT2D eigenvalue weighted by Gasteiger charge is -2.09. The van der Waals surface area contributed by atoms with Crippen LogP contribution in [0.25, 0.3) is 0 Å². The molecule has 16 heavy (non-hydrogen) atoms. The van der Waals surface area contributed by atoms with Crippen molar-refractivity contribution in [2.24, 2.45) is 0 Å². The Kier molecular flexibility index (Phi) is 3.96.